The minimum Gasteiger partial charge on any atom is -0.460 e. The van der Waals surface area contributed by atoms with Gasteiger partial charge in [0, 0.05) is 10.9 Å². The number of ether oxygens (including phenoxy) is 1. The number of hydrogen-bond acceptors (Lipinski definition) is 5. The number of imide groups is 1. The molecule has 1 aliphatic rings. The zero-order chi connectivity index (χ0) is 21.5. The zero-order valence-corrected chi connectivity index (χ0v) is 17.0. The van der Waals surface area contributed by atoms with Crippen LogP contribution in [0.15, 0.2) is 52.9 Å². The number of furan rings is 1. The summed E-state index contributed by atoms with van der Waals surface area (Å²) in [5.41, 5.74) is 1.38. The van der Waals surface area contributed by atoms with Gasteiger partial charge in [-0.3, -0.25) is 9.69 Å². The SMILES string of the molecule is CCOC(=O)c1oc2ccccc2c1CN1C(=O)NC(C)(c2ccccc2C)C1=O. The molecule has 154 valence electrons. The molecule has 0 bridgehead atoms. The Hall–Kier alpha value is -3.61. The molecule has 3 amide bonds. The molecule has 1 N–H and O–H groups in total. The van der Waals surface area contributed by atoms with Gasteiger partial charge in [-0.25, -0.2) is 9.59 Å². The fourth-order valence-corrected chi connectivity index (χ4v) is 3.93. The van der Waals surface area contributed by atoms with Crippen molar-refractivity contribution in [1.29, 1.82) is 0 Å². The third-order valence-electron chi connectivity index (χ3n) is 5.43. The Bertz CT molecular complexity index is 1170. The predicted octanol–water partition coefficient (Wildman–Crippen LogP) is 3.89. The highest BCUT2D eigenvalue weighted by Gasteiger charge is 2.50. The first-order valence-corrected chi connectivity index (χ1v) is 9.74. The summed E-state index contributed by atoms with van der Waals surface area (Å²) < 4.78 is 10.8. The molecule has 1 unspecified atom stereocenters. The van der Waals surface area contributed by atoms with Gasteiger partial charge >= 0.3 is 12.0 Å². The average molecular weight is 406 g/mol. The molecule has 2 aromatic carbocycles. The van der Waals surface area contributed by atoms with Crippen LogP contribution < -0.4 is 5.32 Å². The van der Waals surface area contributed by atoms with Gasteiger partial charge in [0.25, 0.3) is 5.91 Å². The van der Waals surface area contributed by atoms with Crippen molar-refractivity contribution in [2.45, 2.75) is 32.9 Å². The molecular weight excluding hydrogens is 384 g/mol. The fourth-order valence-electron chi connectivity index (χ4n) is 3.93. The summed E-state index contributed by atoms with van der Waals surface area (Å²) in [5.74, 6) is -1.01. The van der Waals surface area contributed by atoms with Crippen LogP contribution in [-0.4, -0.2) is 29.4 Å². The third kappa shape index (κ3) is 3.03. The van der Waals surface area contributed by atoms with Crippen LogP contribution in [-0.2, 0) is 21.6 Å². The van der Waals surface area contributed by atoms with E-state index in [1.165, 1.54) is 0 Å². The summed E-state index contributed by atoms with van der Waals surface area (Å²) in [7, 11) is 0. The topological polar surface area (TPSA) is 88.8 Å². The smallest absolute Gasteiger partial charge is 0.374 e. The van der Waals surface area contributed by atoms with E-state index in [0.29, 0.717) is 16.5 Å². The number of carbonyl (C=O) groups is 3. The molecule has 1 aromatic heterocycles. The second kappa shape index (κ2) is 7.33. The molecule has 0 radical (unpaired) electrons. The van der Waals surface area contributed by atoms with E-state index in [1.807, 2.05) is 31.2 Å². The van der Waals surface area contributed by atoms with E-state index in [9.17, 15) is 14.4 Å². The molecule has 2 heterocycles. The molecule has 1 fully saturated rings. The average Bonchev–Trinajstić information content (AvgIpc) is 3.20. The maximum atomic E-state index is 13.4. The number of benzene rings is 2. The number of nitrogens with one attached hydrogen (secondary N) is 1. The quantitative estimate of drug-likeness (QED) is 0.513. The third-order valence-corrected chi connectivity index (χ3v) is 5.43. The zero-order valence-electron chi connectivity index (χ0n) is 17.0. The van der Waals surface area contributed by atoms with Gasteiger partial charge < -0.3 is 14.5 Å². The molecule has 0 spiro atoms. The van der Waals surface area contributed by atoms with Crippen LogP contribution in [0.5, 0.6) is 0 Å². The Kier molecular flexibility index (Phi) is 4.81. The molecule has 1 atom stereocenters. The molecule has 1 saturated heterocycles. The minimum atomic E-state index is -1.19. The standard InChI is InChI=1S/C23H22N2O5/c1-4-29-20(26)19-16(15-10-6-8-12-18(15)30-19)13-25-21(27)23(3,24-22(25)28)17-11-7-5-9-14(17)2/h5-12H,4,13H2,1-3H3,(H,24,28). The van der Waals surface area contributed by atoms with Crippen molar-refractivity contribution in [2.75, 3.05) is 6.61 Å². The number of nitrogens with zero attached hydrogens (tertiary/aromatic N) is 1. The normalized spacial score (nSPS) is 18.7. The molecule has 7 nitrogen and oxygen atoms in total. The van der Waals surface area contributed by atoms with Crippen LogP contribution in [0.2, 0.25) is 0 Å². The van der Waals surface area contributed by atoms with Crippen LogP contribution in [0.25, 0.3) is 11.0 Å². The van der Waals surface area contributed by atoms with Gasteiger partial charge in [0.1, 0.15) is 11.1 Å². The summed E-state index contributed by atoms with van der Waals surface area (Å²) in [6.45, 7) is 5.37. The summed E-state index contributed by atoms with van der Waals surface area (Å²) in [6.07, 6.45) is 0. The molecule has 4 rings (SSSR count). The number of urea groups is 1. The van der Waals surface area contributed by atoms with E-state index in [2.05, 4.69) is 5.32 Å². The fraction of sp³-hybridized carbons (Fsp3) is 0.261. The van der Waals surface area contributed by atoms with Gasteiger partial charge in [-0.2, -0.15) is 0 Å². The van der Waals surface area contributed by atoms with E-state index in [0.717, 1.165) is 16.0 Å². The maximum Gasteiger partial charge on any atom is 0.374 e. The first-order valence-electron chi connectivity index (χ1n) is 9.74. The lowest BCUT2D eigenvalue weighted by molar-refractivity contribution is -0.131. The summed E-state index contributed by atoms with van der Waals surface area (Å²) in [5, 5.41) is 3.47. The lowest BCUT2D eigenvalue weighted by atomic mass is 9.88. The van der Waals surface area contributed by atoms with Crippen LogP contribution in [0, 0.1) is 6.92 Å². The highest BCUT2D eigenvalue weighted by Crippen LogP contribution is 2.34. The largest absolute Gasteiger partial charge is 0.460 e. The summed E-state index contributed by atoms with van der Waals surface area (Å²) in [4.78, 5) is 39.7. The number of fused-ring (bicyclic) bond motifs is 1. The Morgan fingerprint density at radius 2 is 1.83 bits per heavy atom. The van der Waals surface area contributed by atoms with Crippen molar-refractivity contribution >= 4 is 28.9 Å². The number of carbonyl (C=O) groups excluding carboxylic acids is 3. The number of amides is 3. The van der Waals surface area contributed by atoms with Crippen molar-refractivity contribution < 1.29 is 23.5 Å². The summed E-state index contributed by atoms with van der Waals surface area (Å²) >= 11 is 0. The molecule has 3 aromatic rings. The molecule has 1 aliphatic heterocycles. The van der Waals surface area contributed by atoms with E-state index >= 15 is 0 Å². The molecule has 0 aliphatic carbocycles. The number of aryl methyl sites for hydroxylation is 1. The van der Waals surface area contributed by atoms with Gasteiger partial charge in [-0.1, -0.05) is 42.5 Å². The first kappa shape index (κ1) is 19.7. The molecule has 0 saturated carbocycles. The lowest BCUT2D eigenvalue weighted by Gasteiger charge is -2.24. The molecule has 30 heavy (non-hydrogen) atoms. The second-order valence-electron chi connectivity index (χ2n) is 7.39. The van der Waals surface area contributed by atoms with Gasteiger partial charge in [-0.15, -0.1) is 0 Å². The van der Waals surface area contributed by atoms with E-state index in [4.69, 9.17) is 9.15 Å². The van der Waals surface area contributed by atoms with Gasteiger partial charge in [0.2, 0.25) is 5.76 Å². The van der Waals surface area contributed by atoms with Crippen molar-refractivity contribution in [1.82, 2.24) is 10.2 Å². The van der Waals surface area contributed by atoms with Crippen LogP contribution >= 0.6 is 0 Å². The monoisotopic (exact) mass is 406 g/mol. The Morgan fingerprint density at radius 1 is 1.13 bits per heavy atom. The van der Waals surface area contributed by atoms with Gasteiger partial charge in [0.05, 0.1) is 13.2 Å². The van der Waals surface area contributed by atoms with Crippen molar-refractivity contribution in [2.24, 2.45) is 0 Å². The molecular formula is C23H22N2O5. The Morgan fingerprint density at radius 3 is 2.57 bits per heavy atom. The maximum absolute atomic E-state index is 13.4. The number of esters is 1. The van der Waals surface area contributed by atoms with Gasteiger partial charge in [0.15, 0.2) is 0 Å². The van der Waals surface area contributed by atoms with E-state index in [1.54, 1.807) is 38.1 Å². The Labute approximate surface area is 173 Å². The summed E-state index contributed by atoms with van der Waals surface area (Å²) in [6, 6.07) is 14.0. The van der Waals surface area contributed by atoms with E-state index in [-0.39, 0.29) is 24.8 Å². The van der Waals surface area contributed by atoms with Gasteiger partial charge in [-0.05, 0) is 38.0 Å². The van der Waals surface area contributed by atoms with Crippen molar-refractivity contribution in [3.05, 3.63) is 71.0 Å². The van der Waals surface area contributed by atoms with Crippen LogP contribution in [0.3, 0.4) is 0 Å². The Balaban J connectivity index is 1.75. The second-order valence-corrected chi connectivity index (χ2v) is 7.39. The highest BCUT2D eigenvalue weighted by molar-refractivity contribution is 6.08. The highest BCUT2D eigenvalue weighted by atomic mass is 16.5. The number of hydrogen-bond donors (Lipinski definition) is 1. The van der Waals surface area contributed by atoms with Crippen molar-refractivity contribution in [3.63, 3.8) is 0 Å². The van der Waals surface area contributed by atoms with E-state index < -0.39 is 17.5 Å². The van der Waals surface area contributed by atoms with Crippen LogP contribution in [0.4, 0.5) is 4.79 Å². The molecule has 7 heteroatoms. The van der Waals surface area contributed by atoms with Crippen molar-refractivity contribution in [3.8, 4) is 0 Å². The van der Waals surface area contributed by atoms with Crippen LogP contribution in [0.1, 0.15) is 41.1 Å². The minimum absolute atomic E-state index is 0.00291. The number of rotatable bonds is 5. The predicted molar refractivity (Wildman–Crippen MR) is 110 cm³/mol. The first-order chi connectivity index (χ1) is 14.4. The lowest BCUT2D eigenvalue weighted by Crippen LogP contribution is -2.41. The number of para-hydroxylation sites is 1.